The van der Waals surface area contributed by atoms with Crippen molar-refractivity contribution in [3.8, 4) is 5.75 Å². The molecule has 1 aliphatic rings. The maximum Gasteiger partial charge on any atom is 0.262 e. The number of carbonyl (C=O) groups is 1. The summed E-state index contributed by atoms with van der Waals surface area (Å²) in [4.78, 5) is 31.0. The number of ketones is 1. The number of Topliss-reactive ketones (excluding diaryl/α,β-unsaturated/α-hetero) is 1. The topological polar surface area (TPSA) is 61.2 Å². The largest absolute Gasteiger partial charge is 0.497 e. The fourth-order valence-electron chi connectivity index (χ4n) is 3.89. The SMILES string of the molecule is COc1ccc(C(=O)C(C)Sc2nc3ccccc3c(=O)n2C2CCCC2)cc1. The van der Waals surface area contributed by atoms with Gasteiger partial charge in [0.1, 0.15) is 5.75 Å². The quantitative estimate of drug-likeness (QED) is 0.330. The van der Waals surface area contributed by atoms with E-state index in [4.69, 9.17) is 9.72 Å². The Balaban J connectivity index is 1.69. The standard InChI is InChI=1S/C23H24N2O3S/c1-15(21(26)16-11-13-18(28-2)14-12-16)29-23-24-20-10-6-5-9-19(20)22(27)25(23)17-7-3-4-8-17/h5-6,9-15,17H,3-4,7-8H2,1-2H3. The first kappa shape index (κ1) is 19.7. The summed E-state index contributed by atoms with van der Waals surface area (Å²) >= 11 is 1.37. The van der Waals surface area contributed by atoms with Crippen LogP contribution in [-0.4, -0.2) is 27.7 Å². The zero-order chi connectivity index (χ0) is 20.4. The highest BCUT2D eigenvalue weighted by Gasteiger charge is 2.26. The first-order chi connectivity index (χ1) is 14.1. The summed E-state index contributed by atoms with van der Waals surface area (Å²) < 4.78 is 7.00. The van der Waals surface area contributed by atoms with Gasteiger partial charge in [0.2, 0.25) is 0 Å². The first-order valence-electron chi connectivity index (χ1n) is 9.94. The molecule has 4 rings (SSSR count). The van der Waals surface area contributed by atoms with Crippen LogP contribution in [0.15, 0.2) is 58.5 Å². The van der Waals surface area contributed by atoms with Gasteiger partial charge in [-0.3, -0.25) is 14.2 Å². The van der Waals surface area contributed by atoms with Gasteiger partial charge in [0.25, 0.3) is 5.56 Å². The van der Waals surface area contributed by atoms with E-state index in [1.807, 2.05) is 35.8 Å². The second kappa shape index (κ2) is 8.41. The third-order valence-electron chi connectivity index (χ3n) is 5.49. The van der Waals surface area contributed by atoms with E-state index in [0.717, 1.165) is 25.7 Å². The lowest BCUT2D eigenvalue weighted by Crippen LogP contribution is -2.27. The van der Waals surface area contributed by atoms with Crippen molar-refractivity contribution in [2.75, 3.05) is 7.11 Å². The van der Waals surface area contributed by atoms with Gasteiger partial charge in [0, 0.05) is 11.6 Å². The van der Waals surface area contributed by atoms with Gasteiger partial charge in [0.15, 0.2) is 10.9 Å². The predicted octanol–water partition coefficient (Wildman–Crippen LogP) is 4.88. The molecular weight excluding hydrogens is 384 g/mol. The minimum absolute atomic E-state index is 0.00547. The van der Waals surface area contributed by atoms with Crippen molar-refractivity contribution >= 4 is 28.4 Å². The molecule has 0 N–H and O–H groups in total. The molecule has 5 nitrogen and oxygen atoms in total. The molecule has 0 spiro atoms. The van der Waals surface area contributed by atoms with E-state index in [9.17, 15) is 9.59 Å². The van der Waals surface area contributed by atoms with Crippen molar-refractivity contribution in [3.05, 3.63) is 64.4 Å². The Labute approximate surface area is 174 Å². The van der Waals surface area contributed by atoms with Crippen LogP contribution in [0.4, 0.5) is 0 Å². The lowest BCUT2D eigenvalue weighted by Gasteiger charge is -2.20. The van der Waals surface area contributed by atoms with E-state index in [1.54, 1.807) is 31.4 Å². The van der Waals surface area contributed by atoms with Gasteiger partial charge in [-0.25, -0.2) is 4.98 Å². The van der Waals surface area contributed by atoms with Gasteiger partial charge in [-0.1, -0.05) is 36.7 Å². The average Bonchev–Trinajstić information content (AvgIpc) is 3.27. The Kier molecular flexibility index (Phi) is 5.72. The number of methoxy groups -OCH3 is 1. The number of thioether (sulfide) groups is 1. The van der Waals surface area contributed by atoms with Crippen molar-refractivity contribution in [1.82, 2.24) is 9.55 Å². The van der Waals surface area contributed by atoms with E-state index >= 15 is 0 Å². The summed E-state index contributed by atoms with van der Waals surface area (Å²) in [7, 11) is 1.60. The highest BCUT2D eigenvalue weighted by Crippen LogP contribution is 2.34. The van der Waals surface area contributed by atoms with Gasteiger partial charge in [-0.05, 0) is 56.2 Å². The highest BCUT2D eigenvalue weighted by molar-refractivity contribution is 8.00. The minimum Gasteiger partial charge on any atom is -0.497 e. The van der Waals surface area contributed by atoms with E-state index < -0.39 is 0 Å². The molecule has 1 aliphatic carbocycles. The van der Waals surface area contributed by atoms with Crippen LogP contribution in [0.3, 0.4) is 0 Å². The Morgan fingerprint density at radius 2 is 1.83 bits per heavy atom. The molecule has 6 heteroatoms. The number of para-hydroxylation sites is 1. The van der Waals surface area contributed by atoms with Gasteiger partial charge in [-0.2, -0.15) is 0 Å². The third kappa shape index (κ3) is 3.94. The highest BCUT2D eigenvalue weighted by atomic mass is 32.2. The van der Waals surface area contributed by atoms with Crippen LogP contribution in [0.1, 0.15) is 49.0 Å². The lowest BCUT2D eigenvalue weighted by atomic mass is 10.1. The fraction of sp³-hybridized carbons (Fsp3) is 0.348. The molecule has 1 saturated carbocycles. The summed E-state index contributed by atoms with van der Waals surface area (Å²) in [6.45, 7) is 1.87. The molecular formula is C23H24N2O3S. The summed E-state index contributed by atoms with van der Waals surface area (Å²) in [5.41, 5.74) is 1.30. The van der Waals surface area contributed by atoms with Crippen molar-refractivity contribution in [2.24, 2.45) is 0 Å². The van der Waals surface area contributed by atoms with Crippen LogP contribution < -0.4 is 10.3 Å². The van der Waals surface area contributed by atoms with Crippen LogP contribution in [0, 0.1) is 0 Å². The summed E-state index contributed by atoms with van der Waals surface area (Å²) in [5.74, 6) is 0.728. The minimum atomic E-state index is -0.357. The number of ether oxygens (including phenoxy) is 1. The number of carbonyl (C=O) groups excluding carboxylic acids is 1. The van der Waals surface area contributed by atoms with Crippen LogP contribution >= 0.6 is 11.8 Å². The average molecular weight is 409 g/mol. The smallest absolute Gasteiger partial charge is 0.262 e. The molecule has 1 aromatic heterocycles. The van der Waals surface area contributed by atoms with Crippen molar-refractivity contribution in [1.29, 1.82) is 0 Å². The first-order valence-corrected chi connectivity index (χ1v) is 10.8. The molecule has 1 heterocycles. The van der Waals surface area contributed by atoms with Gasteiger partial charge in [0.05, 0.1) is 23.3 Å². The van der Waals surface area contributed by atoms with Gasteiger partial charge >= 0.3 is 0 Å². The van der Waals surface area contributed by atoms with Crippen molar-refractivity contribution < 1.29 is 9.53 Å². The van der Waals surface area contributed by atoms with E-state index in [1.165, 1.54) is 11.8 Å². The summed E-state index contributed by atoms with van der Waals surface area (Å²) in [6.07, 6.45) is 4.20. The number of fused-ring (bicyclic) bond motifs is 1. The molecule has 0 bridgehead atoms. The van der Waals surface area contributed by atoms with Crippen LogP contribution in [0.25, 0.3) is 10.9 Å². The number of nitrogens with zero attached hydrogens (tertiary/aromatic N) is 2. The molecule has 1 atom stereocenters. The van der Waals surface area contributed by atoms with E-state index in [2.05, 4.69) is 0 Å². The number of rotatable bonds is 6. The molecule has 0 amide bonds. The Morgan fingerprint density at radius 3 is 2.52 bits per heavy atom. The number of aromatic nitrogens is 2. The van der Waals surface area contributed by atoms with Gasteiger partial charge in [-0.15, -0.1) is 0 Å². The molecule has 0 aliphatic heterocycles. The molecule has 3 aromatic rings. The molecule has 0 radical (unpaired) electrons. The lowest BCUT2D eigenvalue weighted by molar-refractivity contribution is 0.0993. The van der Waals surface area contributed by atoms with E-state index in [0.29, 0.717) is 27.4 Å². The molecule has 0 saturated heterocycles. The summed E-state index contributed by atoms with van der Waals surface area (Å²) in [6, 6.07) is 14.7. The van der Waals surface area contributed by atoms with Crippen LogP contribution in [0.2, 0.25) is 0 Å². The molecule has 1 fully saturated rings. The fourth-order valence-corrected chi connectivity index (χ4v) is 4.95. The Hall–Kier alpha value is -2.60. The number of hydrogen-bond donors (Lipinski definition) is 0. The Morgan fingerprint density at radius 1 is 1.14 bits per heavy atom. The second-order valence-electron chi connectivity index (χ2n) is 7.38. The van der Waals surface area contributed by atoms with Crippen molar-refractivity contribution in [3.63, 3.8) is 0 Å². The van der Waals surface area contributed by atoms with Crippen LogP contribution in [0.5, 0.6) is 5.75 Å². The monoisotopic (exact) mass is 408 g/mol. The zero-order valence-corrected chi connectivity index (χ0v) is 17.4. The molecule has 2 aromatic carbocycles. The van der Waals surface area contributed by atoms with Gasteiger partial charge < -0.3 is 4.74 Å². The Bertz CT molecular complexity index is 1090. The normalized spacial score (nSPS) is 15.5. The predicted molar refractivity (Wildman–Crippen MR) is 116 cm³/mol. The number of hydrogen-bond acceptors (Lipinski definition) is 5. The molecule has 1 unspecified atom stereocenters. The maximum absolute atomic E-state index is 13.2. The zero-order valence-electron chi connectivity index (χ0n) is 16.6. The third-order valence-corrected chi connectivity index (χ3v) is 6.56. The summed E-state index contributed by atoms with van der Waals surface area (Å²) in [5, 5.41) is 0.914. The number of benzene rings is 2. The van der Waals surface area contributed by atoms with E-state index in [-0.39, 0.29) is 22.6 Å². The molecule has 29 heavy (non-hydrogen) atoms. The second-order valence-corrected chi connectivity index (χ2v) is 8.69. The molecule has 150 valence electrons. The van der Waals surface area contributed by atoms with Crippen molar-refractivity contribution in [2.45, 2.75) is 49.1 Å². The maximum atomic E-state index is 13.2. The van der Waals surface area contributed by atoms with Crippen LogP contribution in [-0.2, 0) is 0 Å².